The third kappa shape index (κ3) is 3.27. The van der Waals surface area contributed by atoms with Gasteiger partial charge in [-0.2, -0.15) is 0 Å². The fourth-order valence-electron chi connectivity index (χ4n) is 4.92. The maximum Gasteiger partial charge on any atom is 0.251 e. The monoisotopic (exact) mass is 403 g/mol. The Morgan fingerprint density at radius 3 is 2.73 bits per heavy atom. The van der Waals surface area contributed by atoms with E-state index in [-0.39, 0.29) is 17.6 Å². The van der Waals surface area contributed by atoms with Crippen LogP contribution < -0.4 is 10.1 Å². The lowest BCUT2D eigenvalue weighted by molar-refractivity contribution is -0.0195. The van der Waals surface area contributed by atoms with E-state index in [1.54, 1.807) is 0 Å². The maximum atomic E-state index is 13.2. The number of amides is 1. The summed E-state index contributed by atoms with van der Waals surface area (Å²) in [5, 5.41) is 4.43. The molecular formula is C25H29N3O2. The van der Waals surface area contributed by atoms with Crippen molar-refractivity contribution in [2.24, 2.45) is 0 Å². The first-order valence-corrected chi connectivity index (χ1v) is 10.8. The van der Waals surface area contributed by atoms with E-state index in [1.165, 1.54) is 5.56 Å². The van der Waals surface area contributed by atoms with Crippen LogP contribution in [0, 0.1) is 13.8 Å². The number of benzene rings is 2. The van der Waals surface area contributed by atoms with Crippen LogP contribution in [0.1, 0.15) is 52.5 Å². The minimum Gasteiger partial charge on any atom is -0.487 e. The lowest BCUT2D eigenvalue weighted by Gasteiger charge is -2.46. The van der Waals surface area contributed by atoms with Crippen LogP contribution in [0.2, 0.25) is 0 Å². The maximum absolute atomic E-state index is 13.2. The number of piperidine rings is 1. The van der Waals surface area contributed by atoms with Crippen molar-refractivity contribution < 1.29 is 9.53 Å². The summed E-state index contributed by atoms with van der Waals surface area (Å²) in [6, 6.07) is 14.0. The zero-order valence-corrected chi connectivity index (χ0v) is 17.9. The van der Waals surface area contributed by atoms with Crippen molar-refractivity contribution in [1.29, 1.82) is 0 Å². The van der Waals surface area contributed by atoms with Gasteiger partial charge in [-0.3, -0.25) is 4.79 Å². The summed E-state index contributed by atoms with van der Waals surface area (Å²) >= 11 is 0. The standard InChI is InChI=1S/C25H29N3O2/c1-16-17(2)26-21-9-8-18(14-20(16)21)24(29)27-22-15-25(10-12-28(3)13-11-25)30-23-7-5-4-6-19(22)23/h4-9,14,22,26H,10-13,15H2,1-3H3,(H,27,29)/t22-/m1/s1. The van der Waals surface area contributed by atoms with Gasteiger partial charge in [0.15, 0.2) is 0 Å². The molecule has 2 aromatic carbocycles. The van der Waals surface area contributed by atoms with Gasteiger partial charge in [0.25, 0.3) is 5.91 Å². The molecule has 0 radical (unpaired) electrons. The highest BCUT2D eigenvalue weighted by Gasteiger charge is 2.43. The SMILES string of the molecule is Cc1[nH]c2ccc(C(=O)N[C@@H]3CC4(CCN(C)CC4)Oc4ccccc43)cc2c1C. The number of ether oxygens (including phenoxy) is 1. The number of nitrogens with one attached hydrogen (secondary N) is 2. The third-order valence-corrected chi connectivity index (χ3v) is 6.97. The molecule has 0 bridgehead atoms. The van der Waals surface area contributed by atoms with Gasteiger partial charge in [0, 0.05) is 47.2 Å². The average molecular weight is 404 g/mol. The van der Waals surface area contributed by atoms with Gasteiger partial charge in [0.2, 0.25) is 0 Å². The van der Waals surface area contributed by atoms with Gasteiger partial charge in [-0.25, -0.2) is 0 Å². The summed E-state index contributed by atoms with van der Waals surface area (Å²) in [5.41, 5.74) is 4.99. The highest BCUT2D eigenvalue weighted by atomic mass is 16.5. The summed E-state index contributed by atoms with van der Waals surface area (Å²) in [4.78, 5) is 19.0. The van der Waals surface area contributed by atoms with Crippen LogP contribution in [0.4, 0.5) is 0 Å². The molecule has 5 heteroatoms. The minimum atomic E-state index is -0.197. The molecule has 0 unspecified atom stereocenters. The molecule has 1 atom stereocenters. The lowest BCUT2D eigenvalue weighted by Crippen LogP contribution is -2.51. The van der Waals surface area contributed by atoms with Crippen molar-refractivity contribution in [2.45, 2.75) is 44.8 Å². The van der Waals surface area contributed by atoms with E-state index in [2.05, 4.69) is 42.2 Å². The Morgan fingerprint density at radius 2 is 1.93 bits per heavy atom. The molecular weight excluding hydrogens is 374 g/mol. The van der Waals surface area contributed by atoms with E-state index < -0.39 is 0 Å². The van der Waals surface area contributed by atoms with Crippen LogP contribution in [0.25, 0.3) is 10.9 Å². The van der Waals surface area contributed by atoms with Crippen molar-refractivity contribution in [2.75, 3.05) is 20.1 Å². The molecule has 0 aliphatic carbocycles. The molecule has 1 saturated heterocycles. The third-order valence-electron chi connectivity index (χ3n) is 6.97. The van der Waals surface area contributed by atoms with Gasteiger partial charge >= 0.3 is 0 Å². The van der Waals surface area contributed by atoms with Crippen molar-refractivity contribution in [3.8, 4) is 5.75 Å². The summed E-state index contributed by atoms with van der Waals surface area (Å²) in [7, 11) is 2.16. The fourth-order valence-corrected chi connectivity index (χ4v) is 4.92. The molecule has 156 valence electrons. The summed E-state index contributed by atoms with van der Waals surface area (Å²) in [5.74, 6) is 0.881. The Labute approximate surface area is 177 Å². The molecule has 2 N–H and O–H groups in total. The minimum absolute atomic E-state index is 0.0278. The van der Waals surface area contributed by atoms with Crippen molar-refractivity contribution in [1.82, 2.24) is 15.2 Å². The molecule has 2 aliphatic heterocycles. The van der Waals surface area contributed by atoms with Gasteiger partial charge in [0.1, 0.15) is 11.4 Å². The molecule has 0 saturated carbocycles. The van der Waals surface area contributed by atoms with Crippen molar-refractivity contribution in [3.05, 3.63) is 64.8 Å². The number of aryl methyl sites for hydroxylation is 2. The number of hydrogen-bond acceptors (Lipinski definition) is 3. The van der Waals surface area contributed by atoms with Crippen LogP contribution in [0.5, 0.6) is 5.75 Å². The molecule has 1 aromatic heterocycles. The Hall–Kier alpha value is -2.79. The number of nitrogens with zero attached hydrogens (tertiary/aromatic N) is 1. The van der Waals surface area contributed by atoms with Crippen LogP contribution in [-0.4, -0.2) is 41.5 Å². The fraction of sp³-hybridized carbons (Fsp3) is 0.400. The topological polar surface area (TPSA) is 57.4 Å². The molecule has 1 spiro atoms. The van der Waals surface area contributed by atoms with Gasteiger partial charge < -0.3 is 19.9 Å². The lowest BCUT2D eigenvalue weighted by atomic mass is 9.80. The van der Waals surface area contributed by atoms with Crippen LogP contribution >= 0.6 is 0 Å². The van der Waals surface area contributed by atoms with Crippen molar-refractivity contribution >= 4 is 16.8 Å². The molecule has 2 aliphatic rings. The first-order valence-electron chi connectivity index (χ1n) is 10.8. The number of aromatic amines is 1. The number of H-pyrrole nitrogens is 1. The normalized spacial score (nSPS) is 20.7. The van der Waals surface area contributed by atoms with Crippen molar-refractivity contribution in [3.63, 3.8) is 0 Å². The second-order valence-corrected chi connectivity index (χ2v) is 8.99. The highest BCUT2D eigenvalue weighted by molar-refractivity contribution is 5.99. The smallest absolute Gasteiger partial charge is 0.251 e. The van der Waals surface area contributed by atoms with Gasteiger partial charge in [0.05, 0.1) is 6.04 Å². The largest absolute Gasteiger partial charge is 0.487 e. The number of carbonyl (C=O) groups excluding carboxylic acids is 1. The molecule has 1 amide bonds. The Bertz CT molecular complexity index is 1110. The highest BCUT2D eigenvalue weighted by Crippen LogP contribution is 2.44. The van der Waals surface area contributed by atoms with Crippen LogP contribution in [0.3, 0.4) is 0 Å². The van der Waals surface area contributed by atoms with Gasteiger partial charge in [-0.1, -0.05) is 18.2 Å². The number of fused-ring (bicyclic) bond motifs is 2. The second kappa shape index (κ2) is 7.17. The van der Waals surface area contributed by atoms with Gasteiger partial charge in [-0.15, -0.1) is 0 Å². The zero-order valence-electron chi connectivity index (χ0n) is 17.9. The molecule has 30 heavy (non-hydrogen) atoms. The zero-order chi connectivity index (χ0) is 20.9. The molecule has 3 aromatic rings. The Kier molecular flexibility index (Phi) is 4.58. The van der Waals surface area contributed by atoms with E-state index in [9.17, 15) is 4.79 Å². The summed E-state index contributed by atoms with van der Waals surface area (Å²) < 4.78 is 6.52. The predicted octanol–water partition coefficient (Wildman–Crippen LogP) is 4.50. The predicted molar refractivity (Wildman–Crippen MR) is 119 cm³/mol. The summed E-state index contributed by atoms with van der Waals surface area (Å²) in [6.45, 7) is 6.20. The number of hydrogen-bond donors (Lipinski definition) is 2. The van der Waals surface area contributed by atoms with Crippen LogP contribution in [-0.2, 0) is 0 Å². The average Bonchev–Trinajstić information content (AvgIpc) is 3.03. The van der Waals surface area contributed by atoms with Gasteiger partial charge in [-0.05, 0) is 63.6 Å². The number of carbonyl (C=O) groups is 1. The number of para-hydroxylation sites is 1. The molecule has 5 rings (SSSR count). The number of aromatic nitrogens is 1. The van der Waals surface area contributed by atoms with E-state index in [0.717, 1.165) is 60.3 Å². The molecule has 1 fully saturated rings. The summed E-state index contributed by atoms with van der Waals surface area (Å²) in [6.07, 6.45) is 2.78. The quantitative estimate of drug-likeness (QED) is 0.662. The first kappa shape index (κ1) is 19.2. The van der Waals surface area contributed by atoms with E-state index in [1.807, 2.05) is 36.4 Å². The second-order valence-electron chi connectivity index (χ2n) is 8.99. The first-order chi connectivity index (χ1) is 14.4. The number of rotatable bonds is 2. The number of likely N-dealkylation sites (tertiary alicyclic amines) is 1. The molecule has 5 nitrogen and oxygen atoms in total. The Morgan fingerprint density at radius 1 is 1.17 bits per heavy atom. The Balaban J connectivity index is 1.44. The van der Waals surface area contributed by atoms with E-state index in [4.69, 9.17) is 4.74 Å². The molecule has 3 heterocycles. The van der Waals surface area contributed by atoms with E-state index in [0.29, 0.717) is 5.56 Å². The van der Waals surface area contributed by atoms with Crippen LogP contribution in [0.15, 0.2) is 42.5 Å². The van der Waals surface area contributed by atoms with E-state index >= 15 is 0 Å².